The zero-order valence-electron chi connectivity index (χ0n) is 11.1. The first-order valence-electron chi connectivity index (χ1n) is 6.32. The van der Waals surface area contributed by atoms with Crippen LogP contribution in [-0.4, -0.2) is 30.7 Å². The summed E-state index contributed by atoms with van der Waals surface area (Å²) in [5, 5.41) is 11.9. The predicted molar refractivity (Wildman–Crippen MR) is 75.2 cm³/mol. The van der Waals surface area contributed by atoms with Gasteiger partial charge in [-0.2, -0.15) is 0 Å². The maximum Gasteiger partial charge on any atom is 0.337 e. The first-order chi connectivity index (χ1) is 9.48. The molecule has 1 fully saturated rings. The molecule has 0 radical (unpaired) electrons. The van der Waals surface area contributed by atoms with Crippen molar-refractivity contribution >= 4 is 29.2 Å². The summed E-state index contributed by atoms with van der Waals surface area (Å²) < 4.78 is 5.11. The molecule has 1 amide bonds. The number of carbonyl (C=O) groups is 2. The number of carboxylic acid groups (broad SMARTS) is 1. The van der Waals surface area contributed by atoms with Gasteiger partial charge in [0.25, 0.3) is 0 Å². The minimum Gasteiger partial charge on any atom is -0.478 e. The third-order valence-electron chi connectivity index (χ3n) is 3.67. The number of benzene rings is 1. The van der Waals surface area contributed by atoms with Crippen LogP contribution >= 0.6 is 11.6 Å². The van der Waals surface area contributed by atoms with Crippen LogP contribution in [0.2, 0.25) is 5.02 Å². The summed E-state index contributed by atoms with van der Waals surface area (Å²) in [5.74, 6) is -1.26. The number of halogens is 1. The van der Waals surface area contributed by atoms with Gasteiger partial charge in [0.1, 0.15) is 0 Å². The lowest BCUT2D eigenvalue weighted by Crippen LogP contribution is -2.45. The molecular weight excluding hydrogens is 282 g/mol. The molecular formula is C14H16ClNO4. The van der Waals surface area contributed by atoms with E-state index in [-0.39, 0.29) is 16.5 Å². The molecule has 20 heavy (non-hydrogen) atoms. The highest BCUT2D eigenvalue weighted by Crippen LogP contribution is 2.42. The van der Waals surface area contributed by atoms with E-state index in [4.69, 9.17) is 21.4 Å². The Bertz CT molecular complexity index is 540. The van der Waals surface area contributed by atoms with E-state index in [0.717, 1.165) is 19.3 Å². The second kappa shape index (κ2) is 5.81. The lowest BCUT2D eigenvalue weighted by atomic mass is 9.68. The van der Waals surface area contributed by atoms with Crippen molar-refractivity contribution in [1.29, 1.82) is 0 Å². The Balaban J connectivity index is 2.15. The first kappa shape index (κ1) is 14.8. The Labute approximate surface area is 121 Å². The van der Waals surface area contributed by atoms with Crippen LogP contribution in [-0.2, 0) is 9.53 Å². The van der Waals surface area contributed by atoms with Crippen molar-refractivity contribution in [2.75, 3.05) is 19.0 Å². The van der Waals surface area contributed by atoms with Crippen LogP contribution < -0.4 is 5.32 Å². The van der Waals surface area contributed by atoms with Crippen molar-refractivity contribution in [2.45, 2.75) is 19.3 Å². The number of nitrogens with one attached hydrogen (secondary N) is 1. The smallest absolute Gasteiger partial charge is 0.337 e. The predicted octanol–water partition coefficient (Wildman–Crippen LogP) is 2.79. The van der Waals surface area contributed by atoms with E-state index in [2.05, 4.69) is 5.32 Å². The van der Waals surface area contributed by atoms with Gasteiger partial charge in [-0.1, -0.05) is 18.0 Å². The molecule has 6 heteroatoms. The molecule has 108 valence electrons. The van der Waals surface area contributed by atoms with E-state index in [0.29, 0.717) is 12.3 Å². The highest BCUT2D eigenvalue weighted by molar-refractivity contribution is 6.33. The Morgan fingerprint density at radius 2 is 2.15 bits per heavy atom. The zero-order chi connectivity index (χ0) is 14.8. The molecule has 1 aliphatic rings. The Hall–Kier alpha value is -1.59. The average molecular weight is 298 g/mol. The normalized spacial score (nSPS) is 16.3. The Morgan fingerprint density at radius 1 is 1.45 bits per heavy atom. The molecule has 1 aromatic rings. The van der Waals surface area contributed by atoms with E-state index in [1.165, 1.54) is 12.1 Å². The lowest BCUT2D eigenvalue weighted by Gasteiger charge is -2.39. The summed E-state index contributed by atoms with van der Waals surface area (Å²) in [6.45, 7) is 0.373. The molecule has 0 aliphatic heterocycles. The summed E-state index contributed by atoms with van der Waals surface area (Å²) in [5.41, 5.74) is -0.0874. The van der Waals surface area contributed by atoms with E-state index >= 15 is 0 Å². The van der Waals surface area contributed by atoms with E-state index in [1.807, 2.05) is 0 Å². The largest absolute Gasteiger partial charge is 0.478 e. The van der Waals surface area contributed by atoms with Crippen LogP contribution in [0.3, 0.4) is 0 Å². The van der Waals surface area contributed by atoms with Crippen molar-refractivity contribution in [3.8, 4) is 0 Å². The molecule has 1 aromatic carbocycles. The summed E-state index contributed by atoms with van der Waals surface area (Å²) in [6.07, 6.45) is 2.57. The summed E-state index contributed by atoms with van der Waals surface area (Å²) in [7, 11) is 1.57. The van der Waals surface area contributed by atoms with Gasteiger partial charge in [0, 0.05) is 12.8 Å². The SMILES string of the molecule is COCC1(C(=O)Nc2ccc(Cl)c(C(=O)O)c2)CCC1. The fourth-order valence-corrected chi connectivity index (χ4v) is 2.55. The van der Waals surface area contributed by atoms with Gasteiger partial charge in [0.2, 0.25) is 5.91 Å². The zero-order valence-corrected chi connectivity index (χ0v) is 11.9. The van der Waals surface area contributed by atoms with Gasteiger partial charge in [0.15, 0.2) is 0 Å². The molecule has 0 spiro atoms. The molecule has 5 nitrogen and oxygen atoms in total. The number of amides is 1. The number of rotatable bonds is 5. The van der Waals surface area contributed by atoms with Crippen molar-refractivity contribution in [3.05, 3.63) is 28.8 Å². The molecule has 0 unspecified atom stereocenters. The van der Waals surface area contributed by atoms with E-state index in [1.54, 1.807) is 13.2 Å². The van der Waals surface area contributed by atoms with Gasteiger partial charge in [-0.15, -0.1) is 0 Å². The third-order valence-corrected chi connectivity index (χ3v) is 4.00. The number of anilines is 1. The number of hydrogen-bond acceptors (Lipinski definition) is 3. The van der Waals surface area contributed by atoms with Gasteiger partial charge in [-0.05, 0) is 31.0 Å². The van der Waals surface area contributed by atoms with Gasteiger partial charge in [-0.3, -0.25) is 4.79 Å². The van der Waals surface area contributed by atoms with Crippen LogP contribution in [0.15, 0.2) is 18.2 Å². The van der Waals surface area contributed by atoms with Crippen molar-refractivity contribution in [3.63, 3.8) is 0 Å². The topological polar surface area (TPSA) is 75.6 Å². The fraction of sp³-hybridized carbons (Fsp3) is 0.429. The van der Waals surface area contributed by atoms with Crippen LogP contribution in [0.4, 0.5) is 5.69 Å². The van der Waals surface area contributed by atoms with Crippen LogP contribution in [0, 0.1) is 5.41 Å². The second-order valence-electron chi connectivity index (χ2n) is 5.02. The molecule has 1 aliphatic carbocycles. The molecule has 0 atom stereocenters. The van der Waals surface area contributed by atoms with Crippen LogP contribution in [0.25, 0.3) is 0 Å². The van der Waals surface area contributed by atoms with Crippen molar-refractivity contribution < 1.29 is 19.4 Å². The van der Waals surface area contributed by atoms with Crippen molar-refractivity contribution in [1.82, 2.24) is 0 Å². The summed E-state index contributed by atoms with van der Waals surface area (Å²) in [4.78, 5) is 23.3. The maximum absolute atomic E-state index is 12.3. The van der Waals surface area contributed by atoms with Gasteiger partial charge in [-0.25, -0.2) is 4.79 Å². The summed E-state index contributed by atoms with van der Waals surface area (Å²) in [6, 6.07) is 4.41. The molecule has 2 rings (SSSR count). The highest BCUT2D eigenvalue weighted by Gasteiger charge is 2.44. The number of methoxy groups -OCH3 is 1. The van der Waals surface area contributed by atoms with Crippen molar-refractivity contribution in [2.24, 2.45) is 5.41 Å². The Kier molecular flexibility index (Phi) is 4.30. The number of ether oxygens (including phenoxy) is 1. The number of carbonyl (C=O) groups excluding carboxylic acids is 1. The molecule has 2 N–H and O–H groups in total. The standard InChI is InChI=1S/C14H16ClNO4/c1-20-8-14(5-2-6-14)13(19)16-9-3-4-11(15)10(7-9)12(17)18/h3-4,7H,2,5-6,8H2,1H3,(H,16,19)(H,17,18). The Morgan fingerprint density at radius 3 is 2.65 bits per heavy atom. The third kappa shape index (κ3) is 2.78. The average Bonchev–Trinajstić information content (AvgIpc) is 2.35. The minimum absolute atomic E-state index is 0.0288. The van der Waals surface area contributed by atoms with E-state index in [9.17, 15) is 9.59 Å². The minimum atomic E-state index is -1.12. The molecule has 0 saturated heterocycles. The molecule has 1 saturated carbocycles. The van der Waals surface area contributed by atoms with Gasteiger partial charge < -0.3 is 15.2 Å². The molecule has 0 heterocycles. The number of aromatic carboxylic acids is 1. The van der Waals surface area contributed by atoms with Gasteiger partial charge in [0.05, 0.1) is 22.6 Å². The molecule has 0 bridgehead atoms. The first-order valence-corrected chi connectivity index (χ1v) is 6.69. The second-order valence-corrected chi connectivity index (χ2v) is 5.43. The quantitative estimate of drug-likeness (QED) is 0.876. The van der Waals surface area contributed by atoms with Crippen LogP contribution in [0.1, 0.15) is 29.6 Å². The molecule has 0 aromatic heterocycles. The lowest BCUT2D eigenvalue weighted by molar-refractivity contribution is -0.134. The number of carboxylic acids is 1. The maximum atomic E-state index is 12.3. The number of hydrogen-bond donors (Lipinski definition) is 2. The van der Waals surface area contributed by atoms with E-state index < -0.39 is 11.4 Å². The van der Waals surface area contributed by atoms with Crippen LogP contribution in [0.5, 0.6) is 0 Å². The fourth-order valence-electron chi connectivity index (χ4n) is 2.35. The summed E-state index contributed by atoms with van der Waals surface area (Å²) >= 11 is 5.79. The highest BCUT2D eigenvalue weighted by atomic mass is 35.5. The van der Waals surface area contributed by atoms with Gasteiger partial charge >= 0.3 is 5.97 Å². The monoisotopic (exact) mass is 297 g/mol.